The van der Waals surface area contributed by atoms with E-state index in [1.165, 1.54) is 0 Å². The molecule has 90 valence electrons. The van der Waals surface area contributed by atoms with Crippen LogP contribution in [0.4, 0.5) is 0 Å². The minimum absolute atomic E-state index is 0.542. The van der Waals surface area contributed by atoms with E-state index >= 15 is 0 Å². The zero-order chi connectivity index (χ0) is 12.5. The zero-order valence-electron chi connectivity index (χ0n) is 9.15. The largest absolute Gasteiger partial charge is 0.338 e. The van der Waals surface area contributed by atoms with Gasteiger partial charge in [0.2, 0.25) is 0 Å². The van der Waals surface area contributed by atoms with E-state index in [-0.39, 0.29) is 0 Å². The second-order valence-corrected chi connectivity index (χ2v) is 5.38. The number of hydrogen-bond acceptors (Lipinski definition) is 2. The molecule has 1 aromatic carbocycles. The van der Waals surface area contributed by atoms with Gasteiger partial charge < -0.3 is 4.98 Å². The van der Waals surface area contributed by atoms with Crippen molar-refractivity contribution in [2.75, 3.05) is 0 Å². The van der Waals surface area contributed by atoms with E-state index in [0.717, 1.165) is 22.6 Å². The average molecular weight is 295 g/mol. The van der Waals surface area contributed by atoms with Gasteiger partial charge in [-0.3, -0.25) is 0 Å². The summed E-state index contributed by atoms with van der Waals surface area (Å²) >= 11 is 13.5. The van der Waals surface area contributed by atoms with Gasteiger partial charge in [-0.15, -0.1) is 0 Å². The molecule has 1 N–H and O–H groups in total. The topological polar surface area (TPSA) is 28.7 Å². The van der Waals surface area contributed by atoms with Gasteiger partial charge in [0, 0.05) is 16.5 Å². The molecular weight excluding hydrogens is 287 g/mol. The highest BCUT2D eigenvalue weighted by atomic mass is 35.5. The lowest BCUT2D eigenvalue weighted by Crippen LogP contribution is -1.79. The fourth-order valence-electron chi connectivity index (χ4n) is 1.68. The van der Waals surface area contributed by atoms with E-state index in [4.69, 9.17) is 23.2 Å². The van der Waals surface area contributed by atoms with Crippen LogP contribution < -0.4 is 0 Å². The van der Waals surface area contributed by atoms with Crippen LogP contribution in [0.3, 0.4) is 0 Å². The molecule has 0 amide bonds. The van der Waals surface area contributed by atoms with Gasteiger partial charge in [-0.1, -0.05) is 29.3 Å². The molecule has 2 nitrogen and oxygen atoms in total. The summed E-state index contributed by atoms with van der Waals surface area (Å²) < 4.78 is 0. The van der Waals surface area contributed by atoms with Gasteiger partial charge in [0.25, 0.3) is 0 Å². The zero-order valence-corrected chi connectivity index (χ0v) is 11.5. The molecule has 0 spiro atoms. The predicted molar refractivity (Wildman–Crippen MR) is 77.4 cm³/mol. The number of nitrogens with one attached hydrogen (secondary N) is 1. The lowest BCUT2D eigenvalue weighted by atomic mass is 10.2. The standard InChI is InChI=1S/C13H8Cl2N2S/c14-10-2-1-8(5-11(10)15)12-6-16-13(17-12)9-3-4-18-7-9/h1-7H,(H,16,17). The SMILES string of the molecule is Clc1ccc(-c2cnc(-c3ccsc3)[nH]2)cc1Cl. The van der Waals surface area contributed by atoms with Gasteiger partial charge in [0.1, 0.15) is 5.82 Å². The average Bonchev–Trinajstić information content (AvgIpc) is 3.01. The van der Waals surface area contributed by atoms with E-state index in [2.05, 4.69) is 15.3 Å². The summed E-state index contributed by atoms with van der Waals surface area (Å²) in [5, 5.41) is 5.17. The number of halogens is 2. The van der Waals surface area contributed by atoms with Gasteiger partial charge in [-0.2, -0.15) is 11.3 Å². The van der Waals surface area contributed by atoms with Crippen LogP contribution >= 0.6 is 34.5 Å². The van der Waals surface area contributed by atoms with Crippen LogP contribution in [0, 0.1) is 0 Å². The summed E-state index contributed by atoms with van der Waals surface area (Å²) in [5.41, 5.74) is 2.99. The third-order valence-corrected chi connectivity index (χ3v) is 4.02. The van der Waals surface area contributed by atoms with Crippen LogP contribution in [0.25, 0.3) is 22.6 Å². The van der Waals surface area contributed by atoms with Gasteiger partial charge in [0.15, 0.2) is 0 Å². The predicted octanol–water partition coefficient (Wildman–Crippen LogP) is 5.11. The molecule has 0 unspecified atom stereocenters. The Bertz CT molecular complexity index is 674. The smallest absolute Gasteiger partial charge is 0.138 e. The molecule has 18 heavy (non-hydrogen) atoms. The maximum Gasteiger partial charge on any atom is 0.138 e. The Labute approximate surface area is 118 Å². The highest BCUT2D eigenvalue weighted by Crippen LogP contribution is 2.29. The van der Waals surface area contributed by atoms with Crippen LogP contribution in [0.2, 0.25) is 10.0 Å². The van der Waals surface area contributed by atoms with Crippen molar-refractivity contribution in [2.45, 2.75) is 0 Å². The molecule has 0 aliphatic heterocycles. The molecular formula is C13H8Cl2N2S. The van der Waals surface area contributed by atoms with Gasteiger partial charge in [0.05, 0.1) is 21.9 Å². The maximum atomic E-state index is 6.01. The summed E-state index contributed by atoms with van der Waals surface area (Å²) in [6.07, 6.45) is 1.80. The number of H-pyrrole nitrogens is 1. The molecule has 0 atom stereocenters. The first-order valence-electron chi connectivity index (χ1n) is 5.27. The summed E-state index contributed by atoms with van der Waals surface area (Å²) in [6.45, 7) is 0. The molecule has 0 aliphatic carbocycles. The van der Waals surface area contributed by atoms with Crippen molar-refractivity contribution in [2.24, 2.45) is 0 Å². The molecule has 0 fully saturated rings. The molecule has 2 aromatic heterocycles. The number of benzene rings is 1. The monoisotopic (exact) mass is 294 g/mol. The molecule has 0 saturated carbocycles. The lowest BCUT2D eigenvalue weighted by Gasteiger charge is -2.00. The molecule has 2 heterocycles. The minimum Gasteiger partial charge on any atom is -0.338 e. The molecule has 0 aliphatic rings. The Balaban J connectivity index is 2.00. The second-order valence-electron chi connectivity index (χ2n) is 3.79. The first kappa shape index (κ1) is 11.8. The first-order valence-corrected chi connectivity index (χ1v) is 6.97. The fraction of sp³-hybridized carbons (Fsp3) is 0. The Kier molecular flexibility index (Phi) is 3.12. The lowest BCUT2D eigenvalue weighted by molar-refractivity contribution is 1.32. The van der Waals surface area contributed by atoms with Crippen molar-refractivity contribution < 1.29 is 0 Å². The van der Waals surface area contributed by atoms with E-state index < -0.39 is 0 Å². The minimum atomic E-state index is 0.542. The van der Waals surface area contributed by atoms with Crippen LogP contribution in [0.15, 0.2) is 41.2 Å². The Morgan fingerprint density at radius 1 is 1.06 bits per heavy atom. The van der Waals surface area contributed by atoms with E-state index in [1.54, 1.807) is 23.6 Å². The molecule has 5 heteroatoms. The number of hydrogen-bond donors (Lipinski definition) is 1. The Morgan fingerprint density at radius 3 is 2.67 bits per heavy atom. The van der Waals surface area contributed by atoms with Crippen molar-refractivity contribution in [3.63, 3.8) is 0 Å². The molecule has 0 radical (unpaired) electrons. The van der Waals surface area contributed by atoms with Crippen molar-refractivity contribution in [3.05, 3.63) is 51.3 Å². The Morgan fingerprint density at radius 2 is 1.94 bits per heavy atom. The number of nitrogens with zero attached hydrogens (tertiary/aromatic N) is 1. The van der Waals surface area contributed by atoms with E-state index in [1.807, 2.05) is 23.6 Å². The number of imidazole rings is 1. The summed E-state index contributed by atoms with van der Waals surface area (Å²) in [7, 11) is 0. The van der Waals surface area contributed by atoms with Crippen molar-refractivity contribution in [1.29, 1.82) is 0 Å². The van der Waals surface area contributed by atoms with Crippen LogP contribution in [0.5, 0.6) is 0 Å². The maximum absolute atomic E-state index is 6.01. The number of aromatic amines is 1. The highest BCUT2D eigenvalue weighted by Gasteiger charge is 2.07. The van der Waals surface area contributed by atoms with E-state index in [9.17, 15) is 0 Å². The second kappa shape index (κ2) is 4.76. The van der Waals surface area contributed by atoms with Gasteiger partial charge in [-0.25, -0.2) is 4.98 Å². The Hall–Kier alpha value is -1.29. The molecule has 3 rings (SSSR count). The quantitative estimate of drug-likeness (QED) is 0.699. The summed E-state index contributed by atoms with van der Waals surface area (Å²) in [4.78, 5) is 7.63. The number of rotatable bonds is 2. The van der Waals surface area contributed by atoms with Crippen molar-refractivity contribution >= 4 is 34.5 Å². The van der Waals surface area contributed by atoms with Crippen LogP contribution in [-0.2, 0) is 0 Å². The molecule has 0 bridgehead atoms. The number of thiophene rings is 1. The van der Waals surface area contributed by atoms with Gasteiger partial charge in [-0.05, 0) is 23.6 Å². The van der Waals surface area contributed by atoms with E-state index in [0.29, 0.717) is 10.0 Å². The number of aromatic nitrogens is 2. The van der Waals surface area contributed by atoms with Crippen LogP contribution in [0.1, 0.15) is 0 Å². The highest BCUT2D eigenvalue weighted by molar-refractivity contribution is 7.08. The third-order valence-electron chi connectivity index (χ3n) is 2.60. The summed E-state index contributed by atoms with van der Waals surface area (Å²) in [5.74, 6) is 0.859. The van der Waals surface area contributed by atoms with Gasteiger partial charge >= 0.3 is 0 Å². The molecule has 0 saturated heterocycles. The van der Waals surface area contributed by atoms with Crippen LogP contribution in [-0.4, -0.2) is 9.97 Å². The molecule has 3 aromatic rings. The van der Waals surface area contributed by atoms with Crippen molar-refractivity contribution in [1.82, 2.24) is 9.97 Å². The van der Waals surface area contributed by atoms with Crippen molar-refractivity contribution in [3.8, 4) is 22.6 Å². The first-order chi connectivity index (χ1) is 8.74. The normalized spacial score (nSPS) is 10.8. The fourth-order valence-corrected chi connectivity index (χ4v) is 2.62. The summed E-state index contributed by atoms with van der Waals surface area (Å²) in [6, 6.07) is 7.56. The third kappa shape index (κ3) is 2.17.